The van der Waals surface area contributed by atoms with Crippen LogP contribution in [-0.4, -0.2) is 4.57 Å². The van der Waals surface area contributed by atoms with Crippen LogP contribution < -0.4 is 5.73 Å². The van der Waals surface area contributed by atoms with Gasteiger partial charge in [0.15, 0.2) is 11.6 Å². The van der Waals surface area contributed by atoms with E-state index >= 15 is 0 Å². The molecule has 1 aromatic carbocycles. The second-order valence-electron chi connectivity index (χ2n) is 4.73. The Morgan fingerprint density at radius 1 is 1.33 bits per heavy atom. The van der Waals surface area contributed by atoms with Crippen LogP contribution in [0.5, 0.6) is 0 Å². The molecule has 2 nitrogen and oxygen atoms in total. The van der Waals surface area contributed by atoms with Crippen LogP contribution in [-0.2, 0) is 12.8 Å². The standard InChI is InChI=1S/C14H15F2N2/c1-2-12(17)18-10-5-3-4-8(10)13-11(18)7-6-9(15)14(13)16/h2,6-7,12H,3-5,17H2,1H3/t12-/m0/s1. The fraction of sp³-hybridized carbons (Fsp3) is 0.357. The first-order valence-electron chi connectivity index (χ1n) is 6.20. The summed E-state index contributed by atoms with van der Waals surface area (Å²) in [6.45, 7) is 1.87. The van der Waals surface area contributed by atoms with Crippen molar-refractivity contribution in [2.75, 3.05) is 0 Å². The highest BCUT2D eigenvalue weighted by Gasteiger charge is 2.26. The van der Waals surface area contributed by atoms with Gasteiger partial charge in [0, 0.05) is 11.1 Å². The number of nitrogens with two attached hydrogens (primary N) is 1. The number of nitrogens with zero attached hydrogens (tertiary/aromatic N) is 1. The highest BCUT2D eigenvalue weighted by atomic mass is 19.2. The average molecular weight is 249 g/mol. The molecule has 18 heavy (non-hydrogen) atoms. The smallest absolute Gasteiger partial charge is 0.168 e. The summed E-state index contributed by atoms with van der Waals surface area (Å²) in [4.78, 5) is 0. The summed E-state index contributed by atoms with van der Waals surface area (Å²) in [6, 6.07) is 2.79. The number of rotatable bonds is 2. The van der Waals surface area contributed by atoms with Crippen LogP contribution in [0, 0.1) is 18.1 Å². The van der Waals surface area contributed by atoms with E-state index < -0.39 is 11.6 Å². The molecule has 1 aliphatic rings. The van der Waals surface area contributed by atoms with Gasteiger partial charge in [0.25, 0.3) is 0 Å². The molecule has 1 aliphatic carbocycles. The Labute approximate surface area is 104 Å². The zero-order valence-electron chi connectivity index (χ0n) is 10.2. The Morgan fingerprint density at radius 2 is 2.11 bits per heavy atom. The van der Waals surface area contributed by atoms with E-state index in [9.17, 15) is 8.78 Å². The predicted molar refractivity (Wildman–Crippen MR) is 67.1 cm³/mol. The summed E-state index contributed by atoms with van der Waals surface area (Å²) in [6.07, 6.45) is 4.23. The highest BCUT2D eigenvalue weighted by molar-refractivity contribution is 5.87. The van der Waals surface area contributed by atoms with Crippen molar-refractivity contribution in [3.05, 3.63) is 41.4 Å². The number of fused-ring (bicyclic) bond motifs is 3. The first-order chi connectivity index (χ1) is 8.65. The minimum absolute atomic E-state index is 0.292. The number of hydrogen-bond acceptors (Lipinski definition) is 1. The van der Waals surface area contributed by atoms with Gasteiger partial charge in [-0.3, -0.25) is 0 Å². The highest BCUT2D eigenvalue weighted by Crippen LogP contribution is 2.36. The maximum Gasteiger partial charge on any atom is 0.168 e. The average Bonchev–Trinajstić information content (AvgIpc) is 2.92. The predicted octanol–water partition coefficient (Wildman–Crippen LogP) is 3.09. The lowest BCUT2D eigenvalue weighted by Gasteiger charge is -2.16. The summed E-state index contributed by atoms with van der Waals surface area (Å²) in [5, 5.41) is 0.416. The molecular formula is C14H15F2N2. The quantitative estimate of drug-likeness (QED) is 0.871. The van der Waals surface area contributed by atoms with Crippen LogP contribution in [0.4, 0.5) is 8.78 Å². The molecule has 2 N–H and O–H groups in total. The summed E-state index contributed by atoms with van der Waals surface area (Å²) in [5.41, 5.74) is 8.74. The van der Waals surface area contributed by atoms with Gasteiger partial charge < -0.3 is 10.3 Å². The number of hydrogen-bond donors (Lipinski definition) is 1. The SMILES string of the molecule is C[CH][C@@H](N)n1c2c(c3c(F)c(F)ccc31)CCC2. The normalized spacial score (nSPS) is 16.2. The zero-order valence-corrected chi connectivity index (χ0v) is 10.2. The summed E-state index contributed by atoms with van der Waals surface area (Å²) in [5.74, 6) is -1.53. The first kappa shape index (κ1) is 11.7. The van der Waals surface area contributed by atoms with Gasteiger partial charge in [-0.1, -0.05) is 6.92 Å². The molecule has 4 heteroatoms. The van der Waals surface area contributed by atoms with Crippen molar-refractivity contribution in [2.45, 2.75) is 32.4 Å². The Morgan fingerprint density at radius 3 is 2.83 bits per heavy atom. The van der Waals surface area contributed by atoms with Crippen molar-refractivity contribution < 1.29 is 8.78 Å². The number of benzene rings is 1. The van der Waals surface area contributed by atoms with E-state index in [0.717, 1.165) is 30.5 Å². The van der Waals surface area contributed by atoms with Gasteiger partial charge >= 0.3 is 0 Å². The van der Waals surface area contributed by atoms with E-state index in [1.165, 1.54) is 6.07 Å². The topological polar surface area (TPSA) is 30.9 Å². The third kappa shape index (κ3) is 1.42. The lowest BCUT2D eigenvalue weighted by Crippen LogP contribution is -2.19. The van der Waals surface area contributed by atoms with Crippen LogP contribution in [0.15, 0.2) is 12.1 Å². The minimum Gasteiger partial charge on any atom is -0.328 e. The molecule has 1 radical (unpaired) electrons. The summed E-state index contributed by atoms with van der Waals surface area (Å²) in [7, 11) is 0. The van der Waals surface area contributed by atoms with E-state index in [4.69, 9.17) is 5.73 Å². The van der Waals surface area contributed by atoms with Crippen molar-refractivity contribution in [2.24, 2.45) is 5.73 Å². The van der Waals surface area contributed by atoms with Crippen LogP contribution in [0.2, 0.25) is 0 Å². The van der Waals surface area contributed by atoms with E-state index in [-0.39, 0.29) is 6.17 Å². The number of aromatic nitrogens is 1. The fourth-order valence-corrected chi connectivity index (χ4v) is 2.93. The second kappa shape index (κ2) is 4.05. The Balaban J connectivity index is 2.40. The molecule has 0 spiro atoms. The molecule has 0 aliphatic heterocycles. The molecule has 0 saturated carbocycles. The van der Waals surface area contributed by atoms with E-state index in [0.29, 0.717) is 10.9 Å². The fourth-order valence-electron chi connectivity index (χ4n) is 2.93. The Hall–Kier alpha value is -1.42. The Kier molecular flexibility index (Phi) is 2.63. The number of halogens is 2. The number of aryl methyl sites for hydroxylation is 1. The van der Waals surface area contributed by atoms with E-state index in [1.54, 1.807) is 6.07 Å². The van der Waals surface area contributed by atoms with Gasteiger partial charge in [-0.2, -0.15) is 0 Å². The summed E-state index contributed by atoms with van der Waals surface area (Å²) >= 11 is 0. The lowest BCUT2D eigenvalue weighted by molar-refractivity contribution is 0.516. The van der Waals surface area contributed by atoms with Crippen molar-refractivity contribution in [3.8, 4) is 0 Å². The molecule has 0 fully saturated rings. The molecule has 1 heterocycles. The van der Waals surface area contributed by atoms with Crippen molar-refractivity contribution in [1.82, 2.24) is 4.57 Å². The molecule has 2 aromatic rings. The third-order valence-electron chi connectivity index (χ3n) is 3.75. The van der Waals surface area contributed by atoms with Crippen molar-refractivity contribution >= 4 is 10.9 Å². The molecule has 0 bridgehead atoms. The third-order valence-corrected chi connectivity index (χ3v) is 3.75. The van der Waals surface area contributed by atoms with Gasteiger partial charge in [0.2, 0.25) is 0 Å². The molecular weight excluding hydrogens is 234 g/mol. The van der Waals surface area contributed by atoms with Gasteiger partial charge in [-0.15, -0.1) is 0 Å². The van der Waals surface area contributed by atoms with Crippen molar-refractivity contribution in [3.63, 3.8) is 0 Å². The monoisotopic (exact) mass is 249 g/mol. The summed E-state index contributed by atoms with van der Waals surface area (Å²) < 4.78 is 29.3. The van der Waals surface area contributed by atoms with E-state index in [2.05, 4.69) is 0 Å². The van der Waals surface area contributed by atoms with E-state index in [1.807, 2.05) is 17.9 Å². The van der Waals surface area contributed by atoms with Gasteiger partial charge in [0.05, 0.1) is 11.7 Å². The Bertz CT molecular complexity index is 616. The van der Waals surface area contributed by atoms with Crippen molar-refractivity contribution in [1.29, 1.82) is 0 Å². The van der Waals surface area contributed by atoms with Crippen LogP contribution in [0.25, 0.3) is 10.9 Å². The molecule has 0 unspecified atom stereocenters. The second-order valence-corrected chi connectivity index (χ2v) is 4.73. The molecule has 3 rings (SSSR count). The maximum absolute atomic E-state index is 14.0. The minimum atomic E-state index is -0.789. The van der Waals surface area contributed by atoms with Crippen LogP contribution >= 0.6 is 0 Å². The van der Waals surface area contributed by atoms with Gasteiger partial charge in [0.1, 0.15) is 0 Å². The van der Waals surface area contributed by atoms with Gasteiger partial charge in [-0.25, -0.2) is 8.78 Å². The first-order valence-corrected chi connectivity index (χ1v) is 6.20. The van der Waals surface area contributed by atoms with Gasteiger partial charge in [-0.05, 0) is 43.4 Å². The zero-order chi connectivity index (χ0) is 12.9. The lowest BCUT2D eigenvalue weighted by atomic mass is 10.1. The maximum atomic E-state index is 14.0. The van der Waals surface area contributed by atoms with Crippen LogP contribution in [0.1, 0.15) is 30.8 Å². The molecule has 0 amide bonds. The molecule has 0 saturated heterocycles. The largest absolute Gasteiger partial charge is 0.328 e. The molecule has 95 valence electrons. The van der Waals surface area contributed by atoms with Crippen LogP contribution in [0.3, 0.4) is 0 Å². The molecule has 1 aromatic heterocycles. The molecule has 1 atom stereocenters.